The fourth-order valence-corrected chi connectivity index (χ4v) is 6.83. The Morgan fingerprint density at radius 2 is 2.00 bits per heavy atom. The molecule has 1 aromatic carbocycles. The molecule has 140 valence electrons. The van der Waals surface area contributed by atoms with Gasteiger partial charge in [-0.2, -0.15) is 4.31 Å². The van der Waals surface area contributed by atoms with Crippen molar-refractivity contribution in [3.63, 3.8) is 0 Å². The van der Waals surface area contributed by atoms with E-state index in [2.05, 4.69) is 0 Å². The molecule has 0 spiro atoms. The van der Waals surface area contributed by atoms with Crippen LogP contribution in [0.2, 0.25) is 0 Å². The molecule has 1 heterocycles. The van der Waals surface area contributed by atoms with Gasteiger partial charge in [-0.3, -0.25) is 4.79 Å². The number of carbonyl (C=O) groups is 1. The van der Waals surface area contributed by atoms with Crippen molar-refractivity contribution in [2.24, 2.45) is 0 Å². The number of carboxylic acids is 1. The minimum absolute atomic E-state index is 0.0117. The van der Waals surface area contributed by atoms with Crippen LogP contribution < -0.4 is 0 Å². The normalized spacial score (nSPS) is 20.0. The molecule has 0 aromatic heterocycles. The number of hydrogen-bond donors (Lipinski definition) is 1. The highest BCUT2D eigenvalue weighted by Crippen LogP contribution is 2.27. The summed E-state index contributed by atoms with van der Waals surface area (Å²) in [5.41, 5.74) is 1.36. The quantitative estimate of drug-likeness (QED) is 0.754. The Morgan fingerprint density at radius 1 is 1.32 bits per heavy atom. The van der Waals surface area contributed by atoms with Gasteiger partial charge in [0.25, 0.3) is 0 Å². The zero-order valence-corrected chi connectivity index (χ0v) is 15.9. The number of hydrogen-bond acceptors (Lipinski definition) is 5. The fourth-order valence-electron chi connectivity index (χ4n) is 3.00. The highest BCUT2D eigenvalue weighted by atomic mass is 32.2. The van der Waals surface area contributed by atoms with Crippen LogP contribution in [0.3, 0.4) is 0 Å². The van der Waals surface area contributed by atoms with E-state index in [0.29, 0.717) is 5.56 Å². The summed E-state index contributed by atoms with van der Waals surface area (Å²) in [5, 5.41) is 8.81. The molecule has 25 heavy (non-hydrogen) atoms. The predicted molar refractivity (Wildman–Crippen MR) is 93.7 cm³/mol. The van der Waals surface area contributed by atoms with E-state index in [0.717, 1.165) is 5.56 Å². The van der Waals surface area contributed by atoms with Gasteiger partial charge in [0.05, 0.1) is 16.4 Å². The first kappa shape index (κ1) is 19.9. The van der Waals surface area contributed by atoms with Crippen LogP contribution in [-0.4, -0.2) is 56.3 Å². The van der Waals surface area contributed by atoms with Gasteiger partial charge >= 0.3 is 5.97 Å². The molecule has 7 nitrogen and oxygen atoms in total. The van der Waals surface area contributed by atoms with Crippen LogP contribution >= 0.6 is 0 Å². The number of nitrogens with zero attached hydrogens (tertiary/aromatic N) is 1. The third kappa shape index (κ3) is 4.80. The molecule has 0 aliphatic carbocycles. The van der Waals surface area contributed by atoms with Gasteiger partial charge in [-0.05, 0) is 43.9 Å². The summed E-state index contributed by atoms with van der Waals surface area (Å²) in [6, 6.07) is 4.44. The zero-order chi connectivity index (χ0) is 18.8. The van der Waals surface area contributed by atoms with Gasteiger partial charge in [0.2, 0.25) is 10.0 Å². The summed E-state index contributed by atoms with van der Waals surface area (Å²) in [7, 11) is -7.17. The molecule has 2 rings (SSSR count). The van der Waals surface area contributed by atoms with Gasteiger partial charge in [-0.15, -0.1) is 0 Å². The Morgan fingerprint density at radius 3 is 2.56 bits per heavy atom. The number of aryl methyl sites for hydroxylation is 2. The highest BCUT2D eigenvalue weighted by Gasteiger charge is 2.39. The van der Waals surface area contributed by atoms with Crippen LogP contribution in [0.15, 0.2) is 23.1 Å². The lowest BCUT2D eigenvalue weighted by Crippen LogP contribution is -2.42. The van der Waals surface area contributed by atoms with Crippen LogP contribution in [0.4, 0.5) is 0 Å². The first-order chi connectivity index (χ1) is 11.5. The van der Waals surface area contributed by atoms with Gasteiger partial charge < -0.3 is 5.11 Å². The summed E-state index contributed by atoms with van der Waals surface area (Å²) in [6.45, 7) is 3.46. The van der Waals surface area contributed by atoms with Crippen LogP contribution in [0.5, 0.6) is 0 Å². The molecule has 1 aromatic rings. The van der Waals surface area contributed by atoms with Crippen molar-refractivity contribution in [1.82, 2.24) is 4.31 Å². The standard InChI is InChI=1S/C16H23NO6S2/c1-12-5-6-13(2)15(10-12)25(22,23)17(8-3-4-16(18)19)14-7-9-24(20,21)11-14/h5-6,10,14H,3-4,7-9,11H2,1-2H3,(H,18,19)/t14-/m0/s1. The summed E-state index contributed by atoms with van der Waals surface area (Å²) in [6.07, 6.45) is 0.202. The lowest BCUT2D eigenvalue weighted by molar-refractivity contribution is -0.137. The Labute approximate surface area is 148 Å². The molecular formula is C16H23NO6S2. The molecule has 9 heteroatoms. The maximum Gasteiger partial charge on any atom is 0.303 e. The summed E-state index contributed by atoms with van der Waals surface area (Å²) in [5.74, 6) is -1.28. The third-order valence-electron chi connectivity index (χ3n) is 4.32. The Balaban J connectivity index is 2.39. The van der Waals surface area contributed by atoms with E-state index in [-0.39, 0.29) is 42.2 Å². The molecule has 0 bridgehead atoms. The second kappa shape index (κ2) is 7.43. The predicted octanol–water partition coefficient (Wildman–Crippen LogP) is 1.35. The number of benzene rings is 1. The van der Waals surface area contributed by atoms with Crippen molar-refractivity contribution in [1.29, 1.82) is 0 Å². The maximum absolute atomic E-state index is 13.2. The van der Waals surface area contributed by atoms with E-state index in [1.165, 1.54) is 4.31 Å². The number of sulfone groups is 1. The van der Waals surface area contributed by atoms with Crippen LogP contribution in [-0.2, 0) is 24.7 Å². The summed E-state index contributed by atoms with van der Waals surface area (Å²) < 4.78 is 51.1. The fraction of sp³-hybridized carbons (Fsp3) is 0.562. The molecule has 1 N–H and O–H groups in total. The average molecular weight is 389 g/mol. The first-order valence-corrected chi connectivity index (χ1v) is 11.3. The first-order valence-electron chi connectivity index (χ1n) is 8.04. The number of sulfonamides is 1. The molecule has 1 atom stereocenters. The van der Waals surface area contributed by atoms with E-state index in [4.69, 9.17) is 5.11 Å². The Bertz CT molecular complexity index is 861. The van der Waals surface area contributed by atoms with E-state index >= 15 is 0 Å². The van der Waals surface area contributed by atoms with Crippen LogP contribution in [0, 0.1) is 13.8 Å². The molecule has 0 radical (unpaired) electrons. The van der Waals surface area contributed by atoms with Crippen LogP contribution in [0.25, 0.3) is 0 Å². The lowest BCUT2D eigenvalue weighted by Gasteiger charge is -2.28. The van der Waals surface area contributed by atoms with Gasteiger partial charge in [-0.1, -0.05) is 12.1 Å². The van der Waals surface area contributed by atoms with Crippen molar-refractivity contribution >= 4 is 25.8 Å². The topological polar surface area (TPSA) is 109 Å². The SMILES string of the molecule is Cc1ccc(C)c(S(=O)(=O)N(CCCC(=O)O)[C@H]2CCS(=O)(=O)C2)c1. The van der Waals surface area contributed by atoms with Crippen molar-refractivity contribution in [3.05, 3.63) is 29.3 Å². The molecule has 1 aliphatic rings. The largest absolute Gasteiger partial charge is 0.481 e. The van der Waals surface area contributed by atoms with Crippen molar-refractivity contribution < 1.29 is 26.7 Å². The number of carboxylic acid groups (broad SMARTS) is 1. The van der Waals surface area contributed by atoms with E-state index < -0.39 is 31.9 Å². The Kier molecular flexibility index (Phi) is 5.90. The lowest BCUT2D eigenvalue weighted by atomic mass is 10.2. The molecule has 0 amide bonds. The second-order valence-corrected chi connectivity index (χ2v) is 10.5. The maximum atomic E-state index is 13.2. The van der Waals surface area contributed by atoms with E-state index in [9.17, 15) is 21.6 Å². The molecule has 1 fully saturated rings. The van der Waals surface area contributed by atoms with Crippen molar-refractivity contribution in [2.75, 3.05) is 18.1 Å². The molecule has 1 saturated heterocycles. The van der Waals surface area contributed by atoms with Gasteiger partial charge in [0.1, 0.15) is 0 Å². The Hall–Kier alpha value is -1.45. The van der Waals surface area contributed by atoms with Gasteiger partial charge in [-0.25, -0.2) is 16.8 Å². The van der Waals surface area contributed by atoms with Crippen molar-refractivity contribution in [3.8, 4) is 0 Å². The zero-order valence-electron chi connectivity index (χ0n) is 14.3. The molecular weight excluding hydrogens is 366 g/mol. The number of aliphatic carboxylic acids is 1. The minimum Gasteiger partial charge on any atom is -0.481 e. The summed E-state index contributed by atoms with van der Waals surface area (Å²) >= 11 is 0. The van der Waals surface area contributed by atoms with Crippen LogP contribution in [0.1, 0.15) is 30.4 Å². The molecule has 0 saturated carbocycles. The summed E-state index contributed by atoms with van der Waals surface area (Å²) in [4.78, 5) is 10.9. The van der Waals surface area contributed by atoms with Crippen molar-refractivity contribution in [2.45, 2.75) is 44.0 Å². The average Bonchev–Trinajstić information content (AvgIpc) is 2.85. The third-order valence-corrected chi connectivity index (χ3v) is 8.16. The second-order valence-electron chi connectivity index (χ2n) is 6.44. The van der Waals surface area contributed by atoms with E-state index in [1.807, 2.05) is 6.07 Å². The number of rotatable bonds is 7. The molecule has 0 unspecified atom stereocenters. The minimum atomic E-state index is -3.91. The van der Waals surface area contributed by atoms with Gasteiger partial charge in [0, 0.05) is 19.0 Å². The smallest absolute Gasteiger partial charge is 0.303 e. The molecule has 1 aliphatic heterocycles. The van der Waals surface area contributed by atoms with Gasteiger partial charge in [0.15, 0.2) is 9.84 Å². The highest BCUT2D eigenvalue weighted by molar-refractivity contribution is 7.92. The van der Waals surface area contributed by atoms with E-state index in [1.54, 1.807) is 26.0 Å². The monoisotopic (exact) mass is 389 g/mol.